The summed E-state index contributed by atoms with van der Waals surface area (Å²) in [5, 5.41) is 11.7. The number of amides is 1. The van der Waals surface area contributed by atoms with Crippen LogP contribution in [0, 0.1) is 5.92 Å². The van der Waals surface area contributed by atoms with Crippen molar-refractivity contribution in [2.24, 2.45) is 5.92 Å². The molecule has 0 radical (unpaired) electrons. The zero-order chi connectivity index (χ0) is 15.4. The molecule has 21 heavy (non-hydrogen) atoms. The van der Waals surface area contributed by atoms with E-state index in [9.17, 15) is 14.7 Å². The maximum Gasteiger partial charge on any atom is 0.326 e. The van der Waals surface area contributed by atoms with E-state index in [-0.39, 0.29) is 11.6 Å². The predicted octanol–water partition coefficient (Wildman–Crippen LogP) is 1.86. The molecule has 1 aromatic heterocycles. The Balaban J connectivity index is 2.23. The van der Waals surface area contributed by atoms with E-state index in [0.29, 0.717) is 17.5 Å². The minimum atomic E-state index is -1.05. The molecule has 1 heterocycles. The fourth-order valence-corrected chi connectivity index (χ4v) is 1.96. The van der Waals surface area contributed by atoms with Crippen molar-refractivity contribution in [3.63, 3.8) is 0 Å². The Morgan fingerprint density at radius 1 is 1.29 bits per heavy atom. The Morgan fingerprint density at radius 2 is 1.95 bits per heavy atom. The van der Waals surface area contributed by atoms with Crippen molar-refractivity contribution in [2.45, 2.75) is 26.3 Å². The van der Waals surface area contributed by atoms with Crippen LogP contribution in [-0.4, -0.2) is 33.0 Å². The van der Waals surface area contributed by atoms with Crippen LogP contribution in [0.3, 0.4) is 0 Å². The average molecular weight is 287 g/mol. The van der Waals surface area contributed by atoms with Gasteiger partial charge in [-0.05, 0) is 18.1 Å². The van der Waals surface area contributed by atoms with Crippen molar-refractivity contribution in [3.05, 3.63) is 36.2 Å². The van der Waals surface area contributed by atoms with Crippen molar-refractivity contribution >= 4 is 22.9 Å². The number of benzene rings is 1. The smallest absolute Gasteiger partial charge is 0.326 e. The molecule has 0 aliphatic heterocycles. The van der Waals surface area contributed by atoms with Crippen LogP contribution in [0.15, 0.2) is 30.5 Å². The molecule has 2 N–H and O–H groups in total. The molecule has 0 saturated heterocycles. The second-order valence-electron chi connectivity index (χ2n) is 4.92. The molecule has 0 bridgehead atoms. The molecule has 0 aliphatic carbocycles. The summed E-state index contributed by atoms with van der Waals surface area (Å²) in [6.07, 6.45) is 2.01. The lowest BCUT2D eigenvalue weighted by Crippen LogP contribution is -2.45. The number of rotatable bonds is 5. The van der Waals surface area contributed by atoms with E-state index >= 15 is 0 Å². The van der Waals surface area contributed by atoms with Crippen molar-refractivity contribution in [3.8, 4) is 0 Å². The highest BCUT2D eigenvalue weighted by Crippen LogP contribution is 2.11. The van der Waals surface area contributed by atoms with Gasteiger partial charge in [-0.1, -0.05) is 32.4 Å². The molecule has 0 saturated carbocycles. The van der Waals surface area contributed by atoms with Crippen LogP contribution in [-0.2, 0) is 4.79 Å². The number of carbonyl (C=O) groups is 2. The molecule has 0 fully saturated rings. The molecular formula is C15H17N3O3. The van der Waals surface area contributed by atoms with Crippen LogP contribution in [0.4, 0.5) is 0 Å². The lowest BCUT2D eigenvalue weighted by molar-refractivity contribution is -0.140. The van der Waals surface area contributed by atoms with Gasteiger partial charge in [0.05, 0.1) is 17.2 Å². The second kappa shape index (κ2) is 6.30. The molecule has 2 rings (SSSR count). The van der Waals surface area contributed by atoms with Crippen molar-refractivity contribution in [2.75, 3.05) is 0 Å². The number of nitrogens with one attached hydrogen (secondary N) is 1. The number of fused-ring (bicyclic) bond motifs is 1. The molecule has 6 nitrogen and oxygen atoms in total. The van der Waals surface area contributed by atoms with Gasteiger partial charge in [-0.15, -0.1) is 0 Å². The minimum Gasteiger partial charge on any atom is -0.480 e. The maximum absolute atomic E-state index is 12.1. The van der Waals surface area contributed by atoms with E-state index in [1.165, 1.54) is 6.20 Å². The third kappa shape index (κ3) is 3.34. The largest absolute Gasteiger partial charge is 0.480 e. The highest BCUT2D eigenvalue weighted by molar-refractivity contribution is 5.96. The van der Waals surface area contributed by atoms with Crippen LogP contribution in [0.1, 0.15) is 30.8 Å². The van der Waals surface area contributed by atoms with Crippen LogP contribution in [0.25, 0.3) is 11.0 Å². The first-order chi connectivity index (χ1) is 10.0. The summed E-state index contributed by atoms with van der Waals surface area (Å²) in [4.78, 5) is 31.7. The monoisotopic (exact) mass is 287 g/mol. The number of aliphatic carboxylic acids is 1. The normalized spacial score (nSPS) is 13.6. The number of carboxylic acids is 1. The van der Waals surface area contributed by atoms with Gasteiger partial charge in [0.15, 0.2) is 0 Å². The van der Waals surface area contributed by atoms with Gasteiger partial charge in [-0.3, -0.25) is 9.78 Å². The molecule has 2 aromatic rings. The van der Waals surface area contributed by atoms with Gasteiger partial charge in [0.25, 0.3) is 5.91 Å². The molecule has 1 amide bonds. The van der Waals surface area contributed by atoms with Gasteiger partial charge >= 0.3 is 5.97 Å². The Morgan fingerprint density at radius 3 is 2.57 bits per heavy atom. The van der Waals surface area contributed by atoms with Gasteiger partial charge in [-0.2, -0.15) is 0 Å². The fraction of sp³-hybridized carbons (Fsp3) is 0.333. The number of para-hydroxylation sites is 2. The van der Waals surface area contributed by atoms with Crippen LogP contribution < -0.4 is 5.32 Å². The van der Waals surface area contributed by atoms with E-state index in [1.807, 2.05) is 13.0 Å². The average Bonchev–Trinajstić information content (AvgIpc) is 2.50. The van der Waals surface area contributed by atoms with Crippen molar-refractivity contribution in [1.29, 1.82) is 0 Å². The van der Waals surface area contributed by atoms with E-state index in [4.69, 9.17) is 0 Å². The molecule has 110 valence electrons. The van der Waals surface area contributed by atoms with Crippen LogP contribution >= 0.6 is 0 Å². The molecule has 1 aromatic carbocycles. The Hall–Kier alpha value is -2.50. The summed E-state index contributed by atoms with van der Waals surface area (Å²) in [7, 11) is 0. The third-order valence-corrected chi connectivity index (χ3v) is 3.45. The summed E-state index contributed by atoms with van der Waals surface area (Å²) in [5.74, 6) is -1.74. The molecule has 0 spiro atoms. The first-order valence-electron chi connectivity index (χ1n) is 6.78. The SMILES string of the molecule is CC[C@@H](C)[C@H](NC(=O)c1cnc2ccccc2n1)C(=O)O. The highest BCUT2D eigenvalue weighted by Gasteiger charge is 2.26. The number of nitrogens with zero attached hydrogens (tertiary/aromatic N) is 2. The highest BCUT2D eigenvalue weighted by atomic mass is 16.4. The lowest BCUT2D eigenvalue weighted by Gasteiger charge is -2.19. The van der Waals surface area contributed by atoms with E-state index in [2.05, 4.69) is 15.3 Å². The topological polar surface area (TPSA) is 92.2 Å². The number of aromatic nitrogens is 2. The first kappa shape index (κ1) is 14.9. The van der Waals surface area contributed by atoms with Gasteiger partial charge in [0, 0.05) is 0 Å². The van der Waals surface area contributed by atoms with Crippen LogP contribution in [0.5, 0.6) is 0 Å². The third-order valence-electron chi connectivity index (χ3n) is 3.45. The number of carbonyl (C=O) groups excluding carboxylic acids is 1. The first-order valence-corrected chi connectivity index (χ1v) is 6.78. The van der Waals surface area contributed by atoms with E-state index < -0.39 is 17.9 Å². The Kier molecular flexibility index (Phi) is 4.47. The van der Waals surface area contributed by atoms with Gasteiger partial charge in [0.2, 0.25) is 0 Å². The number of hydrogen-bond donors (Lipinski definition) is 2. The minimum absolute atomic E-state index is 0.114. The van der Waals surface area contributed by atoms with Gasteiger partial charge in [-0.25, -0.2) is 9.78 Å². The standard InChI is InChI=1S/C15H17N3O3/c1-3-9(2)13(15(20)21)18-14(19)12-8-16-10-6-4-5-7-11(10)17-12/h4-9,13H,3H2,1-2H3,(H,18,19)(H,20,21)/t9-,13+/m1/s1. The summed E-state index contributed by atoms with van der Waals surface area (Å²) in [6.45, 7) is 3.66. The summed E-state index contributed by atoms with van der Waals surface area (Å²) < 4.78 is 0. The maximum atomic E-state index is 12.1. The second-order valence-corrected chi connectivity index (χ2v) is 4.92. The number of carboxylic acid groups (broad SMARTS) is 1. The number of hydrogen-bond acceptors (Lipinski definition) is 4. The fourth-order valence-electron chi connectivity index (χ4n) is 1.96. The van der Waals surface area contributed by atoms with Crippen molar-refractivity contribution < 1.29 is 14.7 Å². The molecule has 0 unspecified atom stereocenters. The molecule has 6 heteroatoms. The van der Waals surface area contributed by atoms with E-state index in [1.54, 1.807) is 25.1 Å². The predicted molar refractivity (Wildman–Crippen MR) is 77.9 cm³/mol. The molecule has 2 atom stereocenters. The van der Waals surface area contributed by atoms with E-state index in [0.717, 1.165) is 0 Å². The summed E-state index contributed by atoms with van der Waals surface area (Å²) >= 11 is 0. The van der Waals surface area contributed by atoms with Crippen molar-refractivity contribution in [1.82, 2.24) is 15.3 Å². The van der Waals surface area contributed by atoms with Gasteiger partial charge < -0.3 is 10.4 Å². The Labute approximate surface area is 122 Å². The molecule has 0 aliphatic rings. The Bertz CT molecular complexity index is 672. The zero-order valence-electron chi connectivity index (χ0n) is 11.9. The zero-order valence-corrected chi connectivity index (χ0v) is 11.9. The lowest BCUT2D eigenvalue weighted by atomic mass is 9.99. The molecular weight excluding hydrogens is 270 g/mol. The quantitative estimate of drug-likeness (QED) is 0.875. The van der Waals surface area contributed by atoms with Gasteiger partial charge in [0.1, 0.15) is 11.7 Å². The summed E-state index contributed by atoms with van der Waals surface area (Å²) in [6, 6.07) is 6.25. The summed E-state index contributed by atoms with van der Waals surface area (Å²) in [5.41, 5.74) is 1.40. The van der Waals surface area contributed by atoms with Crippen LogP contribution in [0.2, 0.25) is 0 Å².